The van der Waals surface area contributed by atoms with Gasteiger partial charge in [-0.25, -0.2) is 9.97 Å². The third kappa shape index (κ3) is 5.48. The van der Waals surface area contributed by atoms with Crippen molar-refractivity contribution in [3.05, 3.63) is 152 Å². The van der Waals surface area contributed by atoms with Crippen LogP contribution in [0.2, 0.25) is 0 Å². The molecule has 8 heteroatoms. The fourth-order valence-electron chi connectivity index (χ4n) is 6.52. The van der Waals surface area contributed by atoms with Crippen LogP contribution < -0.4 is 14.5 Å². The number of para-hydroxylation sites is 1. The Hall–Kier alpha value is -5.52. The van der Waals surface area contributed by atoms with Crippen molar-refractivity contribution in [1.29, 1.82) is 0 Å². The maximum atomic E-state index is 6.47. The first-order valence-corrected chi connectivity index (χ1v) is 16.3. The largest absolute Gasteiger partial charge is 0.509 e. The Morgan fingerprint density at radius 2 is 1.48 bits per heavy atom. The van der Waals surface area contributed by atoms with Gasteiger partial charge in [0.1, 0.15) is 11.6 Å². The fourth-order valence-corrected chi connectivity index (χ4v) is 6.52. The van der Waals surface area contributed by atoms with Crippen molar-refractivity contribution in [3.63, 3.8) is 0 Å². The molecule has 0 radical (unpaired) electrons. The van der Waals surface area contributed by atoms with E-state index in [1.165, 1.54) is 5.56 Å². The number of benzene rings is 4. The molecule has 0 aliphatic carbocycles. The predicted molar refractivity (Wildman–Crippen MR) is 196 cm³/mol. The van der Waals surface area contributed by atoms with E-state index in [2.05, 4.69) is 113 Å². The summed E-state index contributed by atoms with van der Waals surface area (Å²) in [7, 11) is 0. The first kappa shape index (κ1) is 31.7. The molecule has 50 heavy (non-hydrogen) atoms. The molecule has 4 aromatic heterocycles. The average molecular weight is 831 g/mol. The van der Waals surface area contributed by atoms with Gasteiger partial charge in [0.05, 0.1) is 5.69 Å². The zero-order valence-corrected chi connectivity index (χ0v) is 29.9. The SMILES string of the molecule is CC(C)(C)c1ccnc(-n2c3[c-]c(Oc4[c-]c(N5[CH-]N(c6cc7ccccc7cn6)c6ccncc65)ccc4)ccc3c3ccccc32)c1.[Pt]. The van der Waals surface area contributed by atoms with Crippen molar-refractivity contribution < 1.29 is 25.8 Å². The Labute approximate surface area is 305 Å². The number of anilines is 4. The third-order valence-electron chi connectivity index (χ3n) is 9.02. The molecule has 0 saturated carbocycles. The quantitative estimate of drug-likeness (QED) is 0.161. The van der Waals surface area contributed by atoms with E-state index >= 15 is 0 Å². The van der Waals surface area contributed by atoms with E-state index in [4.69, 9.17) is 14.7 Å². The van der Waals surface area contributed by atoms with Crippen molar-refractivity contribution in [3.8, 4) is 17.3 Å². The van der Waals surface area contributed by atoms with Crippen molar-refractivity contribution in [2.24, 2.45) is 0 Å². The number of rotatable bonds is 5. The van der Waals surface area contributed by atoms with Gasteiger partial charge in [0.25, 0.3) is 0 Å². The van der Waals surface area contributed by atoms with Crippen molar-refractivity contribution in [2.75, 3.05) is 9.80 Å². The minimum atomic E-state index is -0.0123. The van der Waals surface area contributed by atoms with E-state index in [0.717, 1.165) is 61.3 Å². The molecule has 1 aliphatic rings. The number of hydrogen-bond acceptors (Lipinski definition) is 6. The second-order valence-corrected chi connectivity index (χ2v) is 13.2. The zero-order valence-electron chi connectivity index (χ0n) is 27.6. The van der Waals surface area contributed by atoms with E-state index in [1.54, 1.807) is 6.20 Å². The molecule has 0 unspecified atom stereocenters. The van der Waals surface area contributed by atoms with Crippen LogP contribution in [0.5, 0.6) is 11.5 Å². The molecule has 0 N–H and O–H groups in total. The number of fused-ring (bicyclic) bond motifs is 5. The van der Waals surface area contributed by atoms with E-state index < -0.39 is 0 Å². The molecule has 1 aliphatic heterocycles. The maximum Gasteiger partial charge on any atom is 0.135 e. The molecular formula is C42H31N6OPt-3. The molecule has 0 fully saturated rings. The van der Waals surface area contributed by atoms with Gasteiger partial charge in [0, 0.05) is 73.9 Å². The maximum absolute atomic E-state index is 6.47. The van der Waals surface area contributed by atoms with Crippen LogP contribution in [0.4, 0.5) is 22.9 Å². The van der Waals surface area contributed by atoms with Crippen LogP contribution in [0.3, 0.4) is 0 Å². The van der Waals surface area contributed by atoms with Crippen LogP contribution in [0.25, 0.3) is 38.4 Å². The summed E-state index contributed by atoms with van der Waals surface area (Å²) in [5, 5.41) is 4.45. The second-order valence-electron chi connectivity index (χ2n) is 13.2. The molecule has 0 bridgehead atoms. The van der Waals surface area contributed by atoms with E-state index in [1.807, 2.05) is 67.7 Å². The van der Waals surface area contributed by atoms with Crippen LogP contribution in [0, 0.1) is 18.8 Å². The van der Waals surface area contributed by atoms with Gasteiger partial charge in [-0.05, 0) is 52.1 Å². The Bertz CT molecular complexity index is 2540. The van der Waals surface area contributed by atoms with Crippen molar-refractivity contribution in [2.45, 2.75) is 26.2 Å². The Balaban J connectivity index is 0.00000361. The molecule has 4 aromatic carbocycles. The smallest absolute Gasteiger partial charge is 0.135 e. The first-order chi connectivity index (χ1) is 23.9. The Morgan fingerprint density at radius 1 is 0.660 bits per heavy atom. The summed E-state index contributed by atoms with van der Waals surface area (Å²) >= 11 is 0. The van der Waals surface area contributed by atoms with Gasteiger partial charge >= 0.3 is 0 Å². The standard InChI is InChI=1S/C42H31N6O.Pt/c1-42(2,3)30-17-20-44-41(22-30)48-36-14-7-6-13-34(36)35-16-15-33(24-38(35)48)49-32-12-8-11-31(23-32)46-27-47(37-18-19-43-26-39(37)46)40-21-28-9-4-5-10-29(28)25-45-40;/h4-22,25-27H,1-3H3;/q-3;. The summed E-state index contributed by atoms with van der Waals surface area (Å²) in [6, 6.07) is 42.0. The van der Waals surface area contributed by atoms with Gasteiger partial charge in [-0.3, -0.25) is 4.98 Å². The molecule has 5 heterocycles. The first-order valence-electron chi connectivity index (χ1n) is 16.3. The van der Waals surface area contributed by atoms with Crippen LogP contribution in [-0.2, 0) is 26.5 Å². The summed E-state index contributed by atoms with van der Waals surface area (Å²) < 4.78 is 8.64. The van der Waals surface area contributed by atoms with Gasteiger partial charge in [-0.2, -0.15) is 12.1 Å². The Kier molecular flexibility index (Phi) is 7.88. The molecule has 0 amide bonds. The molecule has 7 nitrogen and oxygen atoms in total. The summed E-state index contributed by atoms with van der Waals surface area (Å²) in [4.78, 5) is 18.1. The van der Waals surface area contributed by atoms with Gasteiger partial charge in [-0.1, -0.05) is 68.8 Å². The molecule has 248 valence electrons. The normalized spacial score (nSPS) is 12.8. The van der Waals surface area contributed by atoms with Crippen molar-refractivity contribution >= 4 is 55.5 Å². The molecule has 0 spiro atoms. The van der Waals surface area contributed by atoms with Crippen LogP contribution in [-0.4, -0.2) is 19.5 Å². The minimum Gasteiger partial charge on any atom is -0.509 e. The van der Waals surface area contributed by atoms with Gasteiger partial charge in [0.2, 0.25) is 0 Å². The topological polar surface area (TPSA) is 59.3 Å². The summed E-state index contributed by atoms with van der Waals surface area (Å²) in [5.74, 6) is 2.83. The van der Waals surface area contributed by atoms with Gasteiger partial charge in [-0.15, -0.1) is 48.1 Å². The number of ether oxygens (including phenoxy) is 1. The van der Waals surface area contributed by atoms with Gasteiger partial charge in [0.15, 0.2) is 0 Å². The van der Waals surface area contributed by atoms with Crippen LogP contribution in [0.1, 0.15) is 26.3 Å². The minimum absolute atomic E-state index is 0. The fraction of sp³-hybridized carbons (Fsp3) is 0.0952. The van der Waals surface area contributed by atoms with E-state index in [0.29, 0.717) is 11.5 Å². The van der Waals surface area contributed by atoms with Crippen LogP contribution >= 0.6 is 0 Å². The number of aromatic nitrogens is 4. The monoisotopic (exact) mass is 830 g/mol. The zero-order chi connectivity index (χ0) is 33.1. The number of pyridine rings is 3. The molecule has 9 rings (SSSR count). The van der Waals surface area contributed by atoms with Crippen molar-refractivity contribution in [1.82, 2.24) is 19.5 Å². The molecule has 0 saturated heterocycles. The van der Waals surface area contributed by atoms with E-state index in [9.17, 15) is 0 Å². The van der Waals surface area contributed by atoms with E-state index in [-0.39, 0.29) is 26.5 Å². The number of nitrogens with zero attached hydrogens (tertiary/aromatic N) is 6. The summed E-state index contributed by atoms with van der Waals surface area (Å²) in [6.45, 7) is 8.67. The summed E-state index contributed by atoms with van der Waals surface area (Å²) in [5.41, 5.74) is 5.89. The third-order valence-corrected chi connectivity index (χ3v) is 9.02. The number of hydrogen-bond donors (Lipinski definition) is 0. The molecule has 8 aromatic rings. The molecular weight excluding hydrogens is 800 g/mol. The summed E-state index contributed by atoms with van der Waals surface area (Å²) in [6.07, 6.45) is 7.45. The predicted octanol–water partition coefficient (Wildman–Crippen LogP) is 10.2. The second kappa shape index (κ2) is 12.4. The van der Waals surface area contributed by atoms with Gasteiger partial charge < -0.3 is 19.1 Å². The van der Waals surface area contributed by atoms with Crippen LogP contribution in [0.15, 0.2) is 128 Å². The average Bonchev–Trinajstić information content (AvgIpc) is 3.67. The molecule has 0 atom stereocenters. The Morgan fingerprint density at radius 3 is 2.36 bits per heavy atom.